The summed E-state index contributed by atoms with van der Waals surface area (Å²) in [5.74, 6) is -1.80. The van der Waals surface area contributed by atoms with Gasteiger partial charge in [0.15, 0.2) is 11.5 Å². The quantitative estimate of drug-likeness (QED) is 0.0209. The number of ether oxygens (including phenoxy) is 2. The first kappa shape index (κ1) is 44.6. The molecule has 0 aromatic heterocycles. The first-order valence-electron chi connectivity index (χ1n) is 18.8. The number of hydrogen-bond donors (Lipinski definition) is 6. The summed E-state index contributed by atoms with van der Waals surface area (Å²) in [6, 6.07) is 26.9. The molecule has 61 heavy (non-hydrogen) atoms. The molecule has 5 aromatic rings. The zero-order chi connectivity index (χ0) is 44.1. The Morgan fingerprint density at radius 2 is 1.25 bits per heavy atom. The maximum Gasteiger partial charge on any atom is 0.187 e. The molecule has 16 nitrogen and oxygen atoms in total. The van der Waals surface area contributed by atoms with Crippen LogP contribution in [0.15, 0.2) is 122 Å². The number of rotatable bonds is 20. The van der Waals surface area contributed by atoms with E-state index in [4.69, 9.17) is 9.47 Å². The second kappa shape index (κ2) is 21.0. The van der Waals surface area contributed by atoms with Gasteiger partial charge in [0.1, 0.15) is 6.61 Å². The predicted octanol–water partition coefficient (Wildman–Crippen LogP) is 6.65. The number of non-ortho nitro benzene ring substituents is 1. The minimum atomic E-state index is -1.04. The third kappa shape index (κ3) is 12.8. The fourth-order valence-electron chi connectivity index (χ4n) is 5.75. The first-order valence-corrected chi connectivity index (χ1v) is 20.0. The fourth-order valence-corrected chi connectivity index (χ4v) is 6.35. The number of anilines is 5. The van der Waals surface area contributed by atoms with Gasteiger partial charge in [0.2, 0.25) is 0 Å². The van der Waals surface area contributed by atoms with Crippen LogP contribution in [0.4, 0.5) is 34.1 Å². The molecule has 0 saturated heterocycles. The molecule has 0 radical (unpaired) electrons. The SMILES string of the molecule is C=CCOc1c(Nc2ccc(C(=O)O)cc2)ccc(NC(=O)c2ccc(NC[C@H](CC(=O)[AsH2])NC(=O)c3ccc(NC(=O)c4ccc([N+](=O)[O-])cc4)cc3)cc2)c1OC(C)C. The molecule has 5 aromatic carbocycles. The summed E-state index contributed by atoms with van der Waals surface area (Å²) in [4.78, 5) is 73.1. The summed E-state index contributed by atoms with van der Waals surface area (Å²) >= 11 is 0.916. The number of hydrogen-bond acceptors (Lipinski definition) is 11. The van der Waals surface area contributed by atoms with Crippen LogP contribution in [0.5, 0.6) is 11.5 Å². The minimum Gasteiger partial charge on any atom is -0.485 e. The number of carboxylic acid groups (broad SMARTS) is 1. The average molecular weight is 891 g/mol. The maximum absolute atomic E-state index is 13.5. The van der Waals surface area contributed by atoms with Gasteiger partial charge < -0.3 is 19.9 Å². The van der Waals surface area contributed by atoms with Crippen LogP contribution in [-0.4, -0.2) is 80.4 Å². The number of nitro groups is 1. The van der Waals surface area contributed by atoms with Gasteiger partial charge >= 0.3 is 187 Å². The molecule has 0 aliphatic carbocycles. The van der Waals surface area contributed by atoms with Crippen LogP contribution in [0.25, 0.3) is 0 Å². The second-order valence-corrected chi connectivity index (χ2v) is 15.0. The standard InChI is InChI=1S/C44H43AsN6O10/c1-4-23-60-39-36(47-32-17-9-30(10-18-32)44(56)57)21-22-37(40(39)61-26(2)3)50-43(55)28-5-13-31(14-6-28)46-25-34(24-38(45)52)49-42(54)27-7-15-33(16-8-27)48-41(53)29-11-19-35(20-12-29)51(58)59/h4-22,26,34,46-47H,1,23-25,45H2,2-3H3,(H,48,53)(H,49,54)(H,50,55)(H,56,57)/t34-/m0/s1. The smallest absolute Gasteiger partial charge is 0.187 e. The molecule has 6 N–H and O–H groups in total. The normalized spacial score (nSPS) is 11.1. The maximum atomic E-state index is 13.5. The summed E-state index contributed by atoms with van der Waals surface area (Å²) in [7, 11) is 0. The zero-order valence-electron chi connectivity index (χ0n) is 33.1. The minimum absolute atomic E-state index is 0.0759. The Labute approximate surface area is 359 Å². The molecule has 0 spiro atoms. The molecule has 3 amide bonds. The van der Waals surface area contributed by atoms with Crippen LogP contribution in [0.3, 0.4) is 0 Å². The number of nitrogens with zero attached hydrogens (tertiary/aromatic N) is 1. The number of nitro benzene ring substituents is 1. The van der Waals surface area contributed by atoms with Crippen molar-refractivity contribution in [1.29, 1.82) is 0 Å². The summed E-state index contributed by atoms with van der Waals surface area (Å²) in [5.41, 5.74) is 3.35. The molecule has 1 unspecified atom stereocenters. The van der Waals surface area contributed by atoms with E-state index >= 15 is 0 Å². The van der Waals surface area contributed by atoms with Crippen LogP contribution < -0.4 is 36.1 Å². The van der Waals surface area contributed by atoms with Crippen molar-refractivity contribution in [3.63, 3.8) is 0 Å². The van der Waals surface area contributed by atoms with Crippen molar-refractivity contribution in [3.8, 4) is 11.5 Å². The Bertz CT molecular complexity index is 2410. The average Bonchev–Trinajstić information content (AvgIpc) is 3.23. The van der Waals surface area contributed by atoms with Crippen LogP contribution in [-0.2, 0) is 4.79 Å². The van der Waals surface area contributed by atoms with E-state index in [9.17, 15) is 39.2 Å². The Kier molecular flexibility index (Phi) is 15.4. The number of carboxylic acids is 1. The van der Waals surface area contributed by atoms with Gasteiger partial charge in [-0.2, -0.15) is 0 Å². The number of amides is 3. The molecular weight excluding hydrogens is 847 g/mol. The van der Waals surface area contributed by atoms with Gasteiger partial charge in [-0.1, -0.05) is 12.7 Å². The van der Waals surface area contributed by atoms with Gasteiger partial charge in [-0.15, -0.1) is 0 Å². The Morgan fingerprint density at radius 3 is 1.80 bits per heavy atom. The molecule has 0 aliphatic heterocycles. The van der Waals surface area contributed by atoms with Crippen LogP contribution >= 0.6 is 0 Å². The Balaban J connectivity index is 1.22. The first-order chi connectivity index (χ1) is 29.2. The van der Waals surface area contributed by atoms with Gasteiger partial charge in [-0.05, 0) is 62.4 Å². The van der Waals surface area contributed by atoms with E-state index in [1.165, 1.54) is 48.5 Å². The third-order valence-electron chi connectivity index (χ3n) is 8.70. The second-order valence-electron chi connectivity index (χ2n) is 13.7. The van der Waals surface area contributed by atoms with Crippen LogP contribution in [0.1, 0.15) is 61.7 Å². The van der Waals surface area contributed by atoms with Gasteiger partial charge in [-0.3, -0.25) is 10.1 Å². The summed E-state index contributed by atoms with van der Waals surface area (Å²) < 4.78 is 12.1. The zero-order valence-corrected chi connectivity index (χ0v) is 35.5. The number of carbonyl (C=O) groups excluding carboxylic acids is 4. The van der Waals surface area contributed by atoms with E-state index in [0.717, 1.165) is 16.9 Å². The molecule has 314 valence electrons. The molecule has 0 heterocycles. The molecule has 2 atom stereocenters. The number of carbonyl (C=O) groups is 5. The van der Waals surface area contributed by atoms with Gasteiger partial charge in [0.05, 0.1) is 22.3 Å². The molecule has 0 saturated carbocycles. The number of benzene rings is 5. The van der Waals surface area contributed by atoms with E-state index in [1.54, 1.807) is 66.7 Å². The van der Waals surface area contributed by atoms with E-state index in [-0.39, 0.29) is 52.8 Å². The van der Waals surface area contributed by atoms with E-state index in [0.29, 0.717) is 45.3 Å². The van der Waals surface area contributed by atoms with Crippen molar-refractivity contribution in [1.82, 2.24) is 5.32 Å². The van der Waals surface area contributed by atoms with Crippen molar-refractivity contribution in [3.05, 3.63) is 154 Å². The van der Waals surface area contributed by atoms with E-state index < -0.39 is 34.7 Å². The van der Waals surface area contributed by atoms with E-state index in [2.05, 4.69) is 33.2 Å². The molecule has 5 rings (SSSR count). The molecule has 17 heteroatoms. The Morgan fingerprint density at radius 1 is 0.721 bits per heavy atom. The number of nitrogens with one attached hydrogen (secondary N) is 5. The van der Waals surface area contributed by atoms with Crippen LogP contribution in [0.2, 0.25) is 0 Å². The topological polar surface area (TPSA) is 227 Å². The monoisotopic (exact) mass is 890 g/mol. The van der Waals surface area contributed by atoms with Gasteiger partial charge in [0, 0.05) is 17.8 Å². The van der Waals surface area contributed by atoms with Gasteiger partial charge in [0.25, 0.3) is 5.69 Å². The summed E-state index contributed by atoms with van der Waals surface area (Å²) in [5, 5.41) is 35.1. The fraction of sp³-hybridized carbons (Fsp3) is 0.159. The summed E-state index contributed by atoms with van der Waals surface area (Å²) in [6.07, 6.45) is 1.35. The third-order valence-corrected chi connectivity index (χ3v) is 9.19. The van der Waals surface area contributed by atoms with Crippen molar-refractivity contribution in [2.75, 3.05) is 34.4 Å². The van der Waals surface area contributed by atoms with E-state index in [1.807, 2.05) is 13.8 Å². The molecular formula is C44H43AsN6O10. The van der Waals surface area contributed by atoms with Gasteiger partial charge in [-0.25, -0.2) is 4.79 Å². The van der Waals surface area contributed by atoms with Crippen molar-refractivity contribution < 1.29 is 43.5 Å². The molecule has 0 bridgehead atoms. The molecule has 0 aliphatic rings. The number of aromatic carboxylic acids is 1. The summed E-state index contributed by atoms with van der Waals surface area (Å²) in [6.45, 7) is 7.73. The van der Waals surface area contributed by atoms with Crippen molar-refractivity contribution in [2.45, 2.75) is 32.4 Å². The Hall–Kier alpha value is -7.45. The van der Waals surface area contributed by atoms with Crippen molar-refractivity contribution in [2.24, 2.45) is 0 Å². The largest absolute Gasteiger partial charge is 0.485 e. The van der Waals surface area contributed by atoms with Crippen LogP contribution in [0, 0.1) is 10.1 Å². The van der Waals surface area contributed by atoms with Crippen molar-refractivity contribution >= 4 is 79.2 Å². The predicted molar refractivity (Wildman–Crippen MR) is 234 cm³/mol. The molecule has 0 fully saturated rings.